The van der Waals surface area contributed by atoms with E-state index in [1.54, 1.807) is 6.20 Å². The lowest BCUT2D eigenvalue weighted by atomic mass is 10.2. The Labute approximate surface area is 172 Å². The molecule has 0 saturated heterocycles. The standard InChI is InChI=1S/C20H26N4O.HI/c21-20(23-14-12-17-8-5-6-13-22-17)24-15-16-7-1-4-11-19(16)25-18-9-2-3-10-18;/h1,4-8,11,13,18H,2-3,9-10,12,14-15H2,(H3,21,23,24);1H. The van der Waals surface area contributed by atoms with Gasteiger partial charge in [0.05, 0.1) is 12.6 Å². The molecule has 140 valence electrons. The number of ether oxygens (including phenoxy) is 1. The number of hydrogen-bond acceptors (Lipinski definition) is 3. The summed E-state index contributed by atoms with van der Waals surface area (Å²) in [6.45, 7) is 1.23. The summed E-state index contributed by atoms with van der Waals surface area (Å²) in [6.07, 6.45) is 7.78. The van der Waals surface area contributed by atoms with Gasteiger partial charge < -0.3 is 15.8 Å². The number of benzene rings is 1. The van der Waals surface area contributed by atoms with Crippen LogP contribution >= 0.6 is 24.0 Å². The van der Waals surface area contributed by atoms with Crippen LogP contribution < -0.4 is 15.8 Å². The zero-order chi connectivity index (χ0) is 17.3. The molecule has 1 saturated carbocycles. The van der Waals surface area contributed by atoms with E-state index < -0.39 is 0 Å². The van der Waals surface area contributed by atoms with Crippen molar-refractivity contribution in [3.8, 4) is 5.75 Å². The molecule has 2 aromatic rings. The first kappa shape index (κ1) is 20.5. The van der Waals surface area contributed by atoms with Gasteiger partial charge in [-0.2, -0.15) is 0 Å². The molecular weight excluding hydrogens is 439 g/mol. The summed E-state index contributed by atoms with van der Waals surface area (Å²) >= 11 is 0. The molecule has 1 aromatic carbocycles. The van der Waals surface area contributed by atoms with Crippen molar-refractivity contribution in [2.75, 3.05) is 6.54 Å². The fourth-order valence-electron chi connectivity index (χ4n) is 3.03. The summed E-state index contributed by atoms with van der Waals surface area (Å²) in [5, 5.41) is 3.14. The van der Waals surface area contributed by atoms with Crippen molar-refractivity contribution < 1.29 is 4.74 Å². The molecular formula is C20H27IN4O. The van der Waals surface area contributed by atoms with Crippen LogP contribution in [0.2, 0.25) is 0 Å². The fraction of sp³-hybridized carbons (Fsp3) is 0.400. The fourth-order valence-corrected chi connectivity index (χ4v) is 3.03. The van der Waals surface area contributed by atoms with Crippen molar-refractivity contribution in [3.05, 3.63) is 59.9 Å². The average molecular weight is 466 g/mol. The van der Waals surface area contributed by atoms with Gasteiger partial charge in [0.1, 0.15) is 5.75 Å². The first-order valence-corrected chi connectivity index (χ1v) is 8.99. The number of rotatable bonds is 7. The van der Waals surface area contributed by atoms with Gasteiger partial charge in [-0.05, 0) is 43.9 Å². The number of hydrogen-bond donors (Lipinski definition) is 2. The maximum atomic E-state index is 6.14. The predicted molar refractivity (Wildman–Crippen MR) is 116 cm³/mol. The van der Waals surface area contributed by atoms with Gasteiger partial charge in [0, 0.05) is 30.4 Å². The summed E-state index contributed by atoms with van der Waals surface area (Å²) in [7, 11) is 0. The van der Waals surface area contributed by atoms with E-state index in [1.807, 2.05) is 36.4 Å². The maximum absolute atomic E-state index is 6.14. The number of pyridine rings is 1. The van der Waals surface area contributed by atoms with E-state index in [0.717, 1.165) is 36.3 Å². The average Bonchev–Trinajstić information content (AvgIpc) is 3.15. The van der Waals surface area contributed by atoms with Crippen molar-refractivity contribution in [2.45, 2.75) is 44.8 Å². The van der Waals surface area contributed by atoms with Gasteiger partial charge in [0.25, 0.3) is 0 Å². The molecule has 0 unspecified atom stereocenters. The monoisotopic (exact) mass is 466 g/mol. The number of aliphatic imine (C=N–C) groups is 1. The Hall–Kier alpha value is -1.83. The molecule has 1 aliphatic rings. The highest BCUT2D eigenvalue weighted by Crippen LogP contribution is 2.26. The molecule has 0 radical (unpaired) electrons. The lowest BCUT2D eigenvalue weighted by Gasteiger charge is -2.15. The van der Waals surface area contributed by atoms with E-state index in [1.165, 1.54) is 12.8 Å². The number of aromatic nitrogens is 1. The second-order valence-corrected chi connectivity index (χ2v) is 6.33. The van der Waals surface area contributed by atoms with Crippen LogP contribution in [0.4, 0.5) is 0 Å². The van der Waals surface area contributed by atoms with E-state index in [-0.39, 0.29) is 24.0 Å². The van der Waals surface area contributed by atoms with Crippen molar-refractivity contribution in [3.63, 3.8) is 0 Å². The van der Waals surface area contributed by atoms with Gasteiger partial charge in [-0.3, -0.25) is 4.98 Å². The van der Waals surface area contributed by atoms with Crippen LogP contribution in [0.5, 0.6) is 5.75 Å². The number of nitrogens with two attached hydrogens (primary N) is 1. The van der Waals surface area contributed by atoms with E-state index in [9.17, 15) is 0 Å². The molecule has 1 aromatic heterocycles. The van der Waals surface area contributed by atoms with Gasteiger partial charge >= 0.3 is 0 Å². The lowest BCUT2D eigenvalue weighted by Crippen LogP contribution is -2.33. The summed E-state index contributed by atoms with van der Waals surface area (Å²) in [5.74, 6) is 1.38. The van der Waals surface area contributed by atoms with Crippen LogP contribution in [-0.2, 0) is 13.0 Å². The van der Waals surface area contributed by atoms with Gasteiger partial charge in [0.15, 0.2) is 5.96 Å². The SMILES string of the molecule is I.NC(=NCc1ccccc1OC1CCCC1)NCCc1ccccn1. The molecule has 3 rings (SSSR count). The maximum Gasteiger partial charge on any atom is 0.188 e. The highest BCUT2D eigenvalue weighted by molar-refractivity contribution is 14.0. The van der Waals surface area contributed by atoms with Crippen LogP contribution in [0, 0.1) is 0 Å². The lowest BCUT2D eigenvalue weighted by molar-refractivity contribution is 0.208. The number of para-hydroxylation sites is 1. The molecule has 26 heavy (non-hydrogen) atoms. The molecule has 0 spiro atoms. The minimum atomic E-state index is 0. The first-order valence-electron chi connectivity index (χ1n) is 8.99. The number of nitrogens with zero attached hydrogens (tertiary/aromatic N) is 2. The third-order valence-corrected chi connectivity index (χ3v) is 4.40. The molecule has 3 N–H and O–H groups in total. The zero-order valence-corrected chi connectivity index (χ0v) is 17.3. The third kappa shape index (κ3) is 6.48. The Balaban J connectivity index is 0.00000243. The quantitative estimate of drug-likeness (QED) is 0.371. The summed E-state index contributed by atoms with van der Waals surface area (Å²) in [4.78, 5) is 8.74. The Morgan fingerprint density at radius 3 is 2.69 bits per heavy atom. The van der Waals surface area contributed by atoms with Crippen LogP contribution in [0.3, 0.4) is 0 Å². The number of halogens is 1. The van der Waals surface area contributed by atoms with E-state index in [0.29, 0.717) is 25.2 Å². The smallest absolute Gasteiger partial charge is 0.188 e. The summed E-state index contributed by atoms with van der Waals surface area (Å²) in [5.41, 5.74) is 8.09. The Kier molecular flexibility index (Phi) is 8.67. The van der Waals surface area contributed by atoms with E-state index >= 15 is 0 Å². The minimum Gasteiger partial charge on any atom is -0.490 e. The van der Waals surface area contributed by atoms with E-state index in [4.69, 9.17) is 10.5 Å². The number of guanidine groups is 1. The highest BCUT2D eigenvalue weighted by Gasteiger charge is 2.17. The Morgan fingerprint density at radius 1 is 1.15 bits per heavy atom. The highest BCUT2D eigenvalue weighted by atomic mass is 127. The number of nitrogens with one attached hydrogen (secondary N) is 1. The topological polar surface area (TPSA) is 72.5 Å². The molecule has 6 heteroatoms. The van der Waals surface area contributed by atoms with Gasteiger partial charge in [-0.1, -0.05) is 24.3 Å². The molecule has 0 atom stereocenters. The van der Waals surface area contributed by atoms with Crippen LogP contribution in [0.15, 0.2) is 53.7 Å². The van der Waals surface area contributed by atoms with Crippen molar-refractivity contribution >= 4 is 29.9 Å². The zero-order valence-electron chi connectivity index (χ0n) is 14.9. The molecule has 0 amide bonds. The van der Waals surface area contributed by atoms with Gasteiger partial charge in [-0.15, -0.1) is 24.0 Å². The molecule has 1 heterocycles. The molecule has 5 nitrogen and oxygen atoms in total. The summed E-state index contributed by atoms with van der Waals surface area (Å²) in [6, 6.07) is 14.0. The van der Waals surface area contributed by atoms with Crippen LogP contribution in [0.1, 0.15) is 36.9 Å². The molecule has 1 fully saturated rings. The van der Waals surface area contributed by atoms with Crippen molar-refractivity contribution in [2.24, 2.45) is 10.7 Å². The van der Waals surface area contributed by atoms with E-state index in [2.05, 4.69) is 21.4 Å². The largest absolute Gasteiger partial charge is 0.490 e. The van der Waals surface area contributed by atoms with Crippen molar-refractivity contribution in [1.82, 2.24) is 10.3 Å². The molecule has 1 aliphatic carbocycles. The predicted octanol–water partition coefficient (Wildman–Crippen LogP) is 3.67. The Bertz CT molecular complexity index is 687. The Morgan fingerprint density at radius 2 is 1.92 bits per heavy atom. The minimum absolute atomic E-state index is 0. The van der Waals surface area contributed by atoms with Gasteiger partial charge in [-0.25, -0.2) is 4.99 Å². The van der Waals surface area contributed by atoms with Gasteiger partial charge in [0.2, 0.25) is 0 Å². The second kappa shape index (κ2) is 11.0. The first-order chi connectivity index (χ1) is 12.3. The second-order valence-electron chi connectivity index (χ2n) is 6.33. The molecule has 0 aliphatic heterocycles. The van der Waals surface area contributed by atoms with Crippen LogP contribution in [0.25, 0.3) is 0 Å². The molecule has 0 bridgehead atoms. The third-order valence-electron chi connectivity index (χ3n) is 4.40. The van der Waals surface area contributed by atoms with Crippen LogP contribution in [-0.4, -0.2) is 23.6 Å². The van der Waals surface area contributed by atoms with Crippen molar-refractivity contribution in [1.29, 1.82) is 0 Å². The normalized spacial score (nSPS) is 14.7. The summed E-state index contributed by atoms with van der Waals surface area (Å²) < 4.78 is 6.14.